The Morgan fingerprint density at radius 1 is 0.565 bits per heavy atom. The van der Waals surface area contributed by atoms with Crippen molar-refractivity contribution in [1.29, 1.82) is 0 Å². The lowest BCUT2D eigenvalue weighted by Gasteiger charge is -2.36. The van der Waals surface area contributed by atoms with Crippen LogP contribution in [0.1, 0.15) is 29.2 Å². The fourth-order valence-electron chi connectivity index (χ4n) is 7.01. The first-order chi connectivity index (χ1) is 22.6. The molecule has 1 aliphatic rings. The molecule has 0 aliphatic heterocycles. The molecule has 0 radical (unpaired) electrons. The molecule has 1 nitrogen and oxygen atoms in total. The summed E-state index contributed by atoms with van der Waals surface area (Å²) < 4.78 is 0. The number of hydrogen-bond acceptors (Lipinski definition) is 1. The topological polar surface area (TPSA) is 12.0 Å². The standard InChI is InChI=1S/C45H37N/c1-4-5-7-17-33(3)45(42-23-14-15-24-44(42)46-37-18-8-6-9-19-37)41-22-13-12-21-39(41)40-30-29-36(31-43(40)45)34-25-27-35(28-26-34)38-20-11-10-16-32(38)2/h4-31,46H,3H2,1-2H3/b5-4-,17-7-. The van der Waals surface area contributed by atoms with Gasteiger partial charge in [0.25, 0.3) is 0 Å². The van der Waals surface area contributed by atoms with Crippen LogP contribution in [0.2, 0.25) is 0 Å². The first-order valence-electron chi connectivity index (χ1n) is 15.9. The third kappa shape index (κ3) is 5.01. The molecule has 0 saturated carbocycles. The Morgan fingerprint density at radius 2 is 1.17 bits per heavy atom. The number of anilines is 2. The maximum absolute atomic E-state index is 4.81. The molecule has 6 aromatic rings. The molecule has 1 atom stereocenters. The minimum Gasteiger partial charge on any atom is -0.355 e. The number of hydrogen-bond donors (Lipinski definition) is 1. The summed E-state index contributed by atoms with van der Waals surface area (Å²) in [5.41, 5.74) is 14.8. The van der Waals surface area contributed by atoms with Crippen LogP contribution in [0.4, 0.5) is 11.4 Å². The van der Waals surface area contributed by atoms with E-state index in [4.69, 9.17) is 6.58 Å². The zero-order valence-electron chi connectivity index (χ0n) is 26.4. The van der Waals surface area contributed by atoms with E-state index in [0.717, 1.165) is 16.9 Å². The van der Waals surface area contributed by atoms with E-state index in [0.29, 0.717) is 0 Å². The number of aryl methyl sites for hydroxylation is 1. The molecule has 0 aromatic heterocycles. The molecule has 0 saturated heterocycles. The van der Waals surface area contributed by atoms with Gasteiger partial charge in [-0.25, -0.2) is 0 Å². The van der Waals surface area contributed by atoms with Crippen LogP contribution >= 0.6 is 0 Å². The lowest BCUT2D eigenvalue weighted by Crippen LogP contribution is -2.29. The second kappa shape index (κ2) is 12.4. The molecule has 0 bridgehead atoms. The van der Waals surface area contributed by atoms with Crippen LogP contribution in [-0.4, -0.2) is 0 Å². The molecule has 7 rings (SSSR count). The minimum absolute atomic E-state index is 0.612. The van der Waals surface area contributed by atoms with Crippen molar-refractivity contribution in [3.8, 4) is 33.4 Å². The van der Waals surface area contributed by atoms with Gasteiger partial charge in [-0.05, 0) is 99.3 Å². The summed E-state index contributed by atoms with van der Waals surface area (Å²) in [6.45, 7) is 9.02. The molecule has 1 unspecified atom stereocenters. The van der Waals surface area contributed by atoms with Crippen molar-refractivity contribution in [3.05, 3.63) is 204 Å². The van der Waals surface area contributed by atoms with Gasteiger partial charge in [0.2, 0.25) is 0 Å². The maximum atomic E-state index is 4.81. The molecule has 6 aromatic carbocycles. The van der Waals surface area contributed by atoms with E-state index in [1.54, 1.807) is 0 Å². The van der Waals surface area contributed by atoms with Gasteiger partial charge in [-0.3, -0.25) is 0 Å². The van der Waals surface area contributed by atoms with E-state index < -0.39 is 5.41 Å². The molecule has 0 fully saturated rings. The van der Waals surface area contributed by atoms with Crippen molar-refractivity contribution in [2.24, 2.45) is 0 Å². The number of allylic oxidation sites excluding steroid dienone is 5. The van der Waals surface area contributed by atoms with Gasteiger partial charge in [0.1, 0.15) is 0 Å². The van der Waals surface area contributed by atoms with E-state index in [-0.39, 0.29) is 0 Å². The van der Waals surface area contributed by atoms with Crippen LogP contribution in [0.5, 0.6) is 0 Å². The van der Waals surface area contributed by atoms with Crippen LogP contribution in [0, 0.1) is 6.92 Å². The van der Waals surface area contributed by atoms with Crippen LogP contribution in [0.3, 0.4) is 0 Å². The summed E-state index contributed by atoms with van der Waals surface area (Å²) in [7, 11) is 0. The number of benzene rings is 6. The van der Waals surface area contributed by atoms with Crippen molar-refractivity contribution in [2.45, 2.75) is 19.3 Å². The van der Waals surface area contributed by atoms with Crippen LogP contribution in [0.25, 0.3) is 33.4 Å². The van der Waals surface area contributed by atoms with Crippen molar-refractivity contribution in [1.82, 2.24) is 0 Å². The largest absolute Gasteiger partial charge is 0.355 e. The van der Waals surface area contributed by atoms with E-state index in [9.17, 15) is 0 Å². The van der Waals surface area contributed by atoms with Gasteiger partial charge in [0.05, 0.1) is 5.41 Å². The van der Waals surface area contributed by atoms with E-state index in [1.807, 2.05) is 13.0 Å². The Kier molecular flexibility index (Phi) is 7.83. The van der Waals surface area contributed by atoms with Crippen LogP contribution in [-0.2, 0) is 5.41 Å². The first-order valence-corrected chi connectivity index (χ1v) is 15.9. The SMILES string of the molecule is C=C(/C=C\C=C/C)C1(c2ccccc2Nc2ccccc2)c2ccccc2-c2ccc(-c3ccc(-c4ccccc4C)cc3)cc21. The fraction of sp³-hybridized carbons (Fsp3) is 0.0667. The summed E-state index contributed by atoms with van der Waals surface area (Å²) in [5, 5.41) is 3.75. The predicted molar refractivity (Wildman–Crippen MR) is 197 cm³/mol. The average Bonchev–Trinajstić information content (AvgIpc) is 3.40. The summed E-state index contributed by atoms with van der Waals surface area (Å²) in [6, 6.07) is 52.4. The highest BCUT2D eigenvalue weighted by Gasteiger charge is 2.47. The Morgan fingerprint density at radius 3 is 1.93 bits per heavy atom. The zero-order chi connectivity index (χ0) is 31.5. The molecule has 1 heteroatoms. The Labute approximate surface area is 272 Å². The fourth-order valence-corrected chi connectivity index (χ4v) is 7.01. The van der Waals surface area contributed by atoms with Gasteiger partial charge in [-0.1, -0.05) is 152 Å². The van der Waals surface area contributed by atoms with Crippen molar-refractivity contribution in [3.63, 3.8) is 0 Å². The molecule has 1 aliphatic carbocycles. The lowest BCUT2D eigenvalue weighted by atomic mass is 9.66. The molecule has 1 N–H and O–H groups in total. The number of rotatable bonds is 8. The molecule has 0 spiro atoms. The molecule has 0 amide bonds. The van der Waals surface area contributed by atoms with Gasteiger partial charge in [0.15, 0.2) is 0 Å². The van der Waals surface area contributed by atoms with E-state index in [1.165, 1.54) is 55.6 Å². The second-order valence-electron chi connectivity index (χ2n) is 11.9. The number of fused-ring (bicyclic) bond motifs is 3. The van der Waals surface area contributed by atoms with Crippen molar-refractivity contribution >= 4 is 11.4 Å². The maximum Gasteiger partial charge on any atom is 0.0728 e. The van der Waals surface area contributed by atoms with Crippen molar-refractivity contribution in [2.75, 3.05) is 5.32 Å². The molecular formula is C45H37N. The van der Waals surface area contributed by atoms with E-state index >= 15 is 0 Å². The van der Waals surface area contributed by atoms with Gasteiger partial charge in [-0.2, -0.15) is 0 Å². The number of para-hydroxylation sites is 2. The Bertz CT molecular complexity index is 2100. The van der Waals surface area contributed by atoms with Gasteiger partial charge in [-0.15, -0.1) is 0 Å². The minimum atomic E-state index is -0.612. The number of nitrogens with one attached hydrogen (secondary N) is 1. The highest BCUT2D eigenvalue weighted by atomic mass is 14.9. The third-order valence-corrected chi connectivity index (χ3v) is 9.19. The second-order valence-corrected chi connectivity index (χ2v) is 11.9. The van der Waals surface area contributed by atoms with E-state index in [2.05, 4.69) is 176 Å². The predicted octanol–water partition coefficient (Wildman–Crippen LogP) is 12.1. The highest BCUT2D eigenvalue weighted by Crippen LogP contribution is 2.58. The van der Waals surface area contributed by atoms with Gasteiger partial charge < -0.3 is 5.32 Å². The third-order valence-electron chi connectivity index (χ3n) is 9.19. The average molecular weight is 592 g/mol. The quantitative estimate of drug-likeness (QED) is 0.174. The molecular weight excluding hydrogens is 555 g/mol. The Hall–Kier alpha value is -5.66. The molecule has 0 heterocycles. The normalized spacial score (nSPS) is 15.2. The van der Waals surface area contributed by atoms with Crippen molar-refractivity contribution < 1.29 is 0 Å². The Balaban J connectivity index is 1.44. The summed E-state index contributed by atoms with van der Waals surface area (Å²) in [6.07, 6.45) is 8.40. The monoisotopic (exact) mass is 591 g/mol. The van der Waals surface area contributed by atoms with Crippen LogP contribution < -0.4 is 5.32 Å². The highest BCUT2D eigenvalue weighted by molar-refractivity contribution is 5.90. The molecule has 222 valence electrons. The summed E-state index contributed by atoms with van der Waals surface area (Å²) in [5.74, 6) is 0. The smallest absolute Gasteiger partial charge is 0.0728 e. The molecule has 46 heavy (non-hydrogen) atoms. The first kappa shape index (κ1) is 29.1. The van der Waals surface area contributed by atoms with Crippen LogP contribution in [0.15, 0.2) is 182 Å². The van der Waals surface area contributed by atoms with Gasteiger partial charge >= 0.3 is 0 Å². The zero-order valence-corrected chi connectivity index (χ0v) is 26.4. The van der Waals surface area contributed by atoms with Gasteiger partial charge in [0, 0.05) is 11.4 Å². The summed E-state index contributed by atoms with van der Waals surface area (Å²) >= 11 is 0. The summed E-state index contributed by atoms with van der Waals surface area (Å²) in [4.78, 5) is 0. The lowest BCUT2D eigenvalue weighted by molar-refractivity contribution is 0.773.